The van der Waals surface area contributed by atoms with E-state index in [-0.39, 0.29) is 0 Å². The molecule has 0 amide bonds. The zero-order valence-electron chi connectivity index (χ0n) is 10.4. The van der Waals surface area contributed by atoms with Gasteiger partial charge >= 0.3 is 0 Å². The maximum Gasteiger partial charge on any atom is 0.225 e. The Hall–Kier alpha value is -0.840. The summed E-state index contributed by atoms with van der Waals surface area (Å²) in [7, 11) is 0. The van der Waals surface area contributed by atoms with E-state index in [0.717, 1.165) is 23.8 Å². The first-order valence-corrected chi connectivity index (χ1v) is 6.23. The summed E-state index contributed by atoms with van der Waals surface area (Å²) in [5.74, 6) is 0.991. The van der Waals surface area contributed by atoms with Crippen molar-refractivity contribution in [2.45, 2.75) is 40.2 Å². The Balaban J connectivity index is 2.32. The Bertz CT molecular complexity index is 429. The van der Waals surface area contributed by atoms with Gasteiger partial charge in [0.25, 0.3) is 0 Å². The molecule has 1 N–H and O–H groups in total. The summed E-state index contributed by atoms with van der Waals surface area (Å²) in [6.07, 6.45) is 1.21. The summed E-state index contributed by atoms with van der Waals surface area (Å²) in [6, 6.07) is 0.352. The average molecular weight is 240 g/mol. The van der Waals surface area contributed by atoms with Gasteiger partial charge in [-0.05, 0) is 37.9 Å². The van der Waals surface area contributed by atoms with Gasteiger partial charge in [-0.3, -0.25) is 4.57 Å². The van der Waals surface area contributed by atoms with E-state index < -0.39 is 0 Å². The minimum atomic E-state index is 0.352. The molecule has 0 atom stereocenters. The van der Waals surface area contributed by atoms with Gasteiger partial charge in [-0.25, -0.2) is 5.10 Å². The van der Waals surface area contributed by atoms with Crippen LogP contribution in [0.3, 0.4) is 0 Å². The molecule has 1 fully saturated rings. The first-order chi connectivity index (χ1) is 7.41. The number of nitrogens with one attached hydrogen (secondary N) is 1. The van der Waals surface area contributed by atoms with Crippen LogP contribution in [-0.4, -0.2) is 27.9 Å². The second kappa shape index (κ2) is 3.87. The molecule has 4 nitrogen and oxygen atoms in total. The average Bonchev–Trinajstić information content (AvgIpc) is 2.68. The molecule has 1 aromatic heterocycles. The maximum atomic E-state index is 5.26. The van der Waals surface area contributed by atoms with E-state index >= 15 is 0 Å². The second-order valence-corrected chi connectivity index (χ2v) is 6.01. The number of H-pyrrole nitrogens is 1. The van der Waals surface area contributed by atoms with Crippen molar-refractivity contribution in [3.63, 3.8) is 0 Å². The highest BCUT2D eigenvalue weighted by Gasteiger charge is 2.31. The molecule has 0 spiro atoms. The van der Waals surface area contributed by atoms with Gasteiger partial charge in [0, 0.05) is 19.1 Å². The topological polar surface area (TPSA) is 36.9 Å². The fraction of sp³-hybridized carbons (Fsp3) is 0.818. The van der Waals surface area contributed by atoms with Gasteiger partial charge in [0.2, 0.25) is 5.95 Å². The van der Waals surface area contributed by atoms with Crippen molar-refractivity contribution in [2.24, 2.45) is 5.41 Å². The SMILES string of the molecule is CC(C)n1c(N2CCC(C)(C)C2)n[nH]c1=S. The van der Waals surface area contributed by atoms with E-state index in [0.29, 0.717) is 11.5 Å². The molecule has 1 saturated heterocycles. The lowest BCUT2D eigenvalue weighted by atomic mass is 9.93. The molecule has 1 aromatic rings. The number of aromatic amines is 1. The summed E-state index contributed by atoms with van der Waals surface area (Å²) < 4.78 is 2.81. The first-order valence-electron chi connectivity index (χ1n) is 5.82. The van der Waals surface area contributed by atoms with Crippen LogP contribution in [0.4, 0.5) is 5.95 Å². The van der Waals surface area contributed by atoms with Gasteiger partial charge in [-0.2, -0.15) is 0 Å². The summed E-state index contributed by atoms with van der Waals surface area (Å²) in [5.41, 5.74) is 0.384. The predicted octanol–water partition coefficient (Wildman–Crippen LogP) is 2.76. The lowest BCUT2D eigenvalue weighted by molar-refractivity contribution is 0.417. The third kappa shape index (κ3) is 2.00. The standard InChI is InChI=1S/C11H20N4S/c1-8(2)15-9(12-13-10(15)16)14-6-5-11(3,4)7-14/h8H,5-7H2,1-4H3,(H,13,16). The van der Waals surface area contributed by atoms with Gasteiger partial charge in [0.15, 0.2) is 4.77 Å². The Morgan fingerprint density at radius 2 is 2.12 bits per heavy atom. The molecule has 0 bridgehead atoms. The molecular weight excluding hydrogens is 220 g/mol. The van der Waals surface area contributed by atoms with Crippen molar-refractivity contribution in [1.29, 1.82) is 0 Å². The number of hydrogen-bond acceptors (Lipinski definition) is 3. The van der Waals surface area contributed by atoms with Gasteiger partial charge in [-0.1, -0.05) is 13.8 Å². The van der Waals surface area contributed by atoms with Crippen LogP contribution in [0.25, 0.3) is 0 Å². The minimum absolute atomic E-state index is 0.352. The number of hydrogen-bond donors (Lipinski definition) is 1. The third-order valence-electron chi connectivity index (χ3n) is 3.16. The van der Waals surface area contributed by atoms with E-state index in [1.54, 1.807) is 0 Å². The third-order valence-corrected chi connectivity index (χ3v) is 3.45. The number of rotatable bonds is 2. The Labute approximate surface area is 102 Å². The summed E-state index contributed by atoms with van der Waals surface area (Å²) in [6.45, 7) is 11.0. The lowest BCUT2D eigenvalue weighted by Gasteiger charge is -2.22. The van der Waals surface area contributed by atoms with Crippen LogP contribution in [0.15, 0.2) is 0 Å². The van der Waals surface area contributed by atoms with Crippen molar-refractivity contribution in [2.75, 3.05) is 18.0 Å². The van der Waals surface area contributed by atoms with Crippen LogP contribution in [0, 0.1) is 10.2 Å². The Morgan fingerprint density at radius 1 is 1.44 bits per heavy atom. The number of nitrogens with zero attached hydrogens (tertiary/aromatic N) is 3. The van der Waals surface area contributed by atoms with E-state index in [9.17, 15) is 0 Å². The van der Waals surface area contributed by atoms with E-state index in [2.05, 4.69) is 47.4 Å². The minimum Gasteiger partial charge on any atom is -0.340 e. The molecule has 0 unspecified atom stereocenters. The molecular formula is C11H20N4S. The van der Waals surface area contributed by atoms with Crippen LogP contribution >= 0.6 is 12.2 Å². The first kappa shape index (κ1) is 11.6. The second-order valence-electron chi connectivity index (χ2n) is 5.63. The number of anilines is 1. The highest BCUT2D eigenvalue weighted by atomic mass is 32.1. The quantitative estimate of drug-likeness (QED) is 0.808. The molecule has 0 aromatic carbocycles. The van der Waals surface area contributed by atoms with Crippen molar-refractivity contribution < 1.29 is 0 Å². The van der Waals surface area contributed by atoms with Crippen molar-refractivity contribution in [3.05, 3.63) is 4.77 Å². The largest absolute Gasteiger partial charge is 0.340 e. The van der Waals surface area contributed by atoms with Gasteiger partial charge in [0.1, 0.15) is 0 Å². The molecule has 0 aliphatic carbocycles. The van der Waals surface area contributed by atoms with E-state index in [1.165, 1.54) is 6.42 Å². The summed E-state index contributed by atoms with van der Waals surface area (Å²) in [5, 5.41) is 7.25. The van der Waals surface area contributed by atoms with Crippen molar-refractivity contribution >= 4 is 18.2 Å². The van der Waals surface area contributed by atoms with Crippen LogP contribution < -0.4 is 4.90 Å². The highest BCUT2D eigenvalue weighted by Crippen LogP contribution is 2.32. The monoisotopic (exact) mass is 240 g/mol. The molecule has 5 heteroatoms. The van der Waals surface area contributed by atoms with E-state index in [1.807, 2.05) is 0 Å². The normalized spacial score (nSPS) is 19.7. The predicted molar refractivity (Wildman–Crippen MR) is 68.4 cm³/mol. The zero-order chi connectivity index (χ0) is 11.9. The van der Waals surface area contributed by atoms with Gasteiger partial charge < -0.3 is 4.90 Å². The van der Waals surface area contributed by atoms with Crippen LogP contribution in [0.1, 0.15) is 40.2 Å². The lowest BCUT2D eigenvalue weighted by Crippen LogP contribution is -2.26. The molecule has 90 valence electrons. The highest BCUT2D eigenvalue weighted by molar-refractivity contribution is 7.71. The summed E-state index contributed by atoms with van der Waals surface area (Å²) >= 11 is 5.26. The van der Waals surface area contributed by atoms with Gasteiger partial charge in [0.05, 0.1) is 0 Å². The zero-order valence-corrected chi connectivity index (χ0v) is 11.3. The van der Waals surface area contributed by atoms with E-state index in [4.69, 9.17) is 12.2 Å². The molecule has 0 radical (unpaired) electrons. The molecule has 0 saturated carbocycles. The number of aromatic nitrogens is 3. The summed E-state index contributed by atoms with van der Waals surface area (Å²) in [4.78, 5) is 2.33. The maximum absolute atomic E-state index is 5.26. The molecule has 16 heavy (non-hydrogen) atoms. The Morgan fingerprint density at radius 3 is 2.62 bits per heavy atom. The van der Waals surface area contributed by atoms with Crippen molar-refractivity contribution in [3.8, 4) is 0 Å². The molecule has 2 rings (SSSR count). The molecule has 2 heterocycles. The van der Waals surface area contributed by atoms with Crippen molar-refractivity contribution in [1.82, 2.24) is 14.8 Å². The van der Waals surface area contributed by atoms with Crippen LogP contribution in [0.2, 0.25) is 0 Å². The van der Waals surface area contributed by atoms with Gasteiger partial charge in [-0.15, -0.1) is 5.10 Å². The Kier molecular flexibility index (Phi) is 2.82. The van der Waals surface area contributed by atoms with Crippen LogP contribution in [-0.2, 0) is 0 Å². The smallest absolute Gasteiger partial charge is 0.225 e. The fourth-order valence-corrected chi connectivity index (χ4v) is 2.61. The van der Waals surface area contributed by atoms with Crippen LogP contribution in [0.5, 0.6) is 0 Å². The fourth-order valence-electron chi connectivity index (χ4n) is 2.27. The molecule has 1 aliphatic heterocycles. The molecule has 1 aliphatic rings.